The van der Waals surface area contributed by atoms with E-state index in [2.05, 4.69) is 23.3 Å². The van der Waals surface area contributed by atoms with Crippen molar-refractivity contribution < 1.29 is 9.59 Å². The lowest BCUT2D eigenvalue weighted by Gasteiger charge is -2.32. The van der Waals surface area contributed by atoms with Crippen LogP contribution in [-0.4, -0.2) is 48.8 Å². The molecule has 0 aliphatic carbocycles. The summed E-state index contributed by atoms with van der Waals surface area (Å²) in [5, 5.41) is 5.55. The number of hydrogen-bond acceptors (Lipinski definition) is 3. The van der Waals surface area contributed by atoms with Crippen LogP contribution in [0, 0.1) is 0 Å². The van der Waals surface area contributed by atoms with Crippen molar-refractivity contribution in [3.8, 4) is 0 Å². The molecule has 2 N–H and O–H groups in total. The highest BCUT2D eigenvalue weighted by atomic mass is 32.1. The Morgan fingerprint density at radius 2 is 2.00 bits per heavy atom. The highest BCUT2D eigenvalue weighted by molar-refractivity contribution is 7.80. The van der Waals surface area contributed by atoms with E-state index in [4.69, 9.17) is 0 Å². The second kappa shape index (κ2) is 6.62. The summed E-state index contributed by atoms with van der Waals surface area (Å²) in [7, 11) is 1.63. The molecule has 1 aliphatic rings. The van der Waals surface area contributed by atoms with Gasteiger partial charge in [-0.1, -0.05) is 0 Å². The lowest BCUT2D eigenvalue weighted by atomic mass is 10.1. The fourth-order valence-electron chi connectivity index (χ4n) is 1.79. The number of rotatable bonds is 3. The second-order valence-electron chi connectivity index (χ2n) is 3.86. The van der Waals surface area contributed by atoms with E-state index >= 15 is 0 Å². The molecule has 16 heavy (non-hydrogen) atoms. The van der Waals surface area contributed by atoms with Gasteiger partial charge in [0, 0.05) is 32.6 Å². The van der Waals surface area contributed by atoms with Crippen LogP contribution in [0.5, 0.6) is 0 Å². The average molecular weight is 245 g/mol. The summed E-state index contributed by atoms with van der Waals surface area (Å²) in [6.45, 7) is 1.40. The number of piperidine rings is 1. The predicted octanol–water partition coefficient (Wildman–Crippen LogP) is 0.226. The number of carbonyl (C=O) groups excluding carboxylic acids is 2. The first-order valence-corrected chi connectivity index (χ1v) is 6.17. The van der Waals surface area contributed by atoms with Crippen LogP contribution < -0.4 is 10.6 Å². The first-order valence-electron chi connectivity index (χ1n) is 5.54. The number of likely N-dealkylation sites (tertiary alicyclic amines) is 1. The Kier molecular flexibility index (Phi) is 5.45. The first kappa shape index (κ1) is 13.2. The molecule has 0 aromatic carbocycles. The van der Waals surface area contributed by atoms with E-state index in [0.717, 1.165) is 12.8 Å². The summed E-state index contributed by atoms with van der Waals surface area (Å²) in [5.41, 5.74) is 0. The van der Waals surface area contributed by atoms with E-state index < -0.39 is 0 Å². The molecule has 92 valence electrons. The van der Waals surface area contributed by atoms with Gasteiger partial charge in [-0.2, -0.15) is 12.6 Å². The quantitative estimate of drug-likeness (QED) is 0.623. The van der Waals surface area contributed by atoms with Gasteiger partial charge in [-0.05, 0) is 18.6 Å². The van der Waals surface area contributed by atoms with Crippen LogP contribution >= 0.6 is 12.6 Å². The van der Waals surface area contributed by atoms with Crippen LogP contribution in [0.25, 0.3) is 0 Å². The number of nitrogens with zero attached hydrogens (tertiary/aromatic N) is 1. The Bertz CT molecular complexity index is 252. The van der Waals surface area contributed by atoms with E-state index in [-0.39, 0.29) is 18.0 Å². The molecule has 0 radical (unpaired) electrons. The Hall–Kier alpha value is -0.910. The van der Waals surface area contributed by atoms with Gasteiger partial charge >= 0.3 is 6.03 Å². The largest absolute Gasteiger partial charge is 0.353 e. The third-order valence-electron chi connectivity index (χ3n) is 2.70. The minimum absolute atomic E-state index is 0.0415. The summed E-state index contributed by atoms with van der Waals surface area (Å²) < 4.78 is 0. The van der Waals surface area contributed by atoms with Crippen molar-refractivity contribution in [2.45, 2.75) is 25.3 Å². The van der Waals surface area contributed by atoms with Crippen LogP contribution in [-0.2, 0) is 4.79 Å². The number of amides is 3. The van der Waals surface area contributed by atoms with Crippen molar-refractivity contribution in [3.63, 3.8) is 0 Å². The van der Waals surface area contributed by atoms with Gasteiger partial charge in [0.25, 0.3) is 0 Å². The standard InChI is InChI=1S/C10H19N3O2S/c1-11-10(15)13-5-2-8(3-6-13)12-9(14)4-7-16/h8,16H,2-7H2,1H3,(H,11,15)(H,12,14). The summed E-state index contributed by atoms with van der Waals surface area (Å²) in [4.78, 5) is 24.4. The van der Waals surface area contributed by atoms with Crippen molar-refractivity contribution in [1.29, 1.82) is 0 Å². The molecule has 1 fully saturated rings. The topological polar surface area (TPSA) is 61.4 Å². The number of nitrogens with one attached hydrogen (secondary N) is 2. The summed E-state index contributed by atoms with van der Waals surface area (Å²) in [6.07, 6.45) is 2.11. The van der Waals surface area contributed by atoms with Crippen LogP contribution in [0.3, 0.4) is 0 Å². The molecule has 1 rings (SSSR count). The molecule has 0 aromatic heterocycles. The zero-order chi connectivity index (χ0) is 12.0. The van der Waals surface area contributed by atoms with Crippen LogP contribution in [0.1, 0.15) is 19.3 Å². The Balaban J connectivity index is 2.26. The molecule has 5 nitrogen and oxygen atoms in total. The average Bonchev–Trinajstić information content (AvgIpc) is 2.29. The SMILES string of the molecule is CNC(=O)N1CCC(NC(=O)CCS)CC1. The van der Waals surface area contributed by atoms with Gasteiger partial charge in [-0.25, -0.2) is 4.79 Å². The van der Waals surface area contributed by atoms with Gasteiger partial charge in [0.05, 0.1) is 0 Å². The summed E-state index contributed by atoms with van der Waals surface area (Å²) in [6, 6.07) is 0.161. The van der Waals surface area contributed by atoms with Gasteiger partial charge in [-0.15, -0.1) is 0 Å². The molecule has 1 heterocycles. The Labute approximate surface area is 101 Å². The Morgan fingerprint density at radius 3 is 2.50 bits per heavy atom. The third-order valence-corrected chi connectivity index (χ3v) is 2.92. The minimum Gasteiger partial charge on any atom is -0.353 e. The molecular weight excluding hydrogens is 226 g/mol. The smallest absolute Gasteiger partial charge is 0.317 e. The lowest BCUT2D eigenvalue weighted by Crippen LogP contribution is -2.48. The van der Waals surface area contributed by atoms with Crippen molar-refractivity contribution in [2.75, 3.05) is 25.9 Å². The molecule has 0 atom stereocenters. The first-order chi connectivity index (χ1) is 7.67. The molecule has 3 amide bonds. The van der Waals surface area contributed by atoms with Crippen molar-refractivity contribution in [3.05, 3.63) is 0 Å². The van der Waals surface area contributed by atoms with Crippen molar-refractivity contribution in [1.82, 2.24) is 15.5 Å². The summed E-state index contributed by atoms with van der Waals surface area (Å²) in [5.74, 6) is 0.622. The molecule has 1 aliphatic heterocycles. The monoisotopic (exact) mass is 245 g/mol. The highest BCUT2D eigenvalue weighted by Crippen LogP contribution is 2.10. The molecule has 0 spiro atoms. The van der Waals surface area contributed by atoms with E-state index in [1.165, 1.54) is 0 Å². The van der Waals surface area contributed by atoms with Gasteiger partial charge < -0.3 is 15.5 Å². The molecule has 6 heteroatoms. The Morgan fingerprint density at radius 1 is 1.38 bits per heavy atom. The number of thiol groups is 1. The molecule has 0 unspecified atom stereocenters. The molecule has 0 bridgehead atoms. The van der Waals surface area contributed by atoms with Crippen LogP contribution in [0.4, 0.5) is 4.79 Å². The zero-order valence-corrected chi connectivity index (χ0v) is 10.4. The second-order valence-corrected chi connectivity index (χ2v) is 4.30. The zero-order valence-electron chi connectivity index (χ0n) is 9.53. The maximum atomic E-state index is 11.3. The highest BCUT2D eigenvalue weighted by Gasteiger charge is 2.22. The van der Waals surface area contributed by atoms with E-state index in [9.17, 15) is 9.59 Å². The minimum atomic E-state index is -0.0415. The molecule has 0 aromatic rings. The van der Waals surface area contributed by atoms with E-state index in [1.807, 2.05) is 0 Å². The number of hydrogen-bond donors (Lipinski definition) is 3. The number of urea groups is 1. The van der Waals surface area contributed by atoms with E-state index in [1.54, 1.807) is 11.9 Å². The fourth-order valence-corrected chi connectivity index (χ4v) is 1.99. The molecule has 0 saturated carbocycles. The normalized spacial score (nSPS) is 17.0. The van der Waals surface area contributed by atoms with E-state index in [0.29, 0.717) is 25.3 Å². The lowest BCUT2D eigenvalue weighted by molar-refractivity contribution is -0.121. The summed E-state index contributed by atoms with van der Waals surface area (Å²) >= 11 is 4.01. The van der Waals surface area contributed by atoms with Crippen LogP contribution in [0.15, 0.2) is 0 Å². The van der Waals surface area contributed by atoms with Gasteiger partial charge in [0.1, 0.15) is 0 Å². The van der Waals surface area contributed by atoms with Gasteiger partial charge in [-0.3, -0.25) is 4.79 Å². The molecule has 1 saturated heterocycles. The third kappa shape index (κ3) is 3.92. The van der Waals surface area contributed by atoms with Crippen molar-refractivity contribution in [2.24, 2.45) is 0 Å². The fraction of sp³-hybridized carbons (Fsp3) is 0.800. The number of carbonyl (C=O) groups is 2. The van der Waals surface area contributed by atoms with Crippen LogP contribution in [0.2, 0.25) is 0 Å². The predicted molar refractivity (Wildman–Crippen MR) is 65.7 cm³/mol. The van der Waals surface area contributed by atoms with Gasteiger partial charge in [0.15, 0.2) is 0 Å². The maximum Gasteiger partial charge on any atom is 0.317 e. The molecular formula is C10H19N3O2S. The van der Waals surface area contributed by atoms with Crippen molar-refractivity contribution >= 4 is 24.6 Å². The van der Waals surface area contributed by atoms with Gasteiger partial charge in [0.2, 0.25) is 5.91 Å². The maximum absolute atomic E-state index is 11.3.